The van der Waals surface area contributed by atoms with Crippen molar-refractivity contribution >= 4 is 11.3 Å². The van der Waals surface area contributed by atoms with Crippen molar-refractivity contribution in [2.75, 3.05) is 13.2 Å². The van der Waals surface area contributed by atoms with Crippen LogP contribution in [0.2, 0.25) is 0 Å². The van der Waals surface area contributed by atoms with E-state index in [-0.39, 0.29) is 0 Å². The Labute approximate surface area is 81.9 Å². The molecule has 1 aromatic heterocycles. The van der Waals surface area contributed by atoms with Crippen LogP contribution in [0.4, 0.5) is 0 Å². The molecule has 2 heterocycles. The van der Waals surface area contributed by atoms with Gasteiger partial charge in [0.15, 0.2) is 0 Å². The standard InChI is InChI=1S/C9H14N2OS/c10-4-9-11-8(6-13-9)7-2-1-3-12-5-7/h6-7H,1-5,10H2. The van der Waals surface area contributed by atoms with E-state index in [1.165, 1.54) is 12.1 Å². The van der Waals surface area contributed by atoms with Crippen LogP contribution < -0.4 is 5.73 Å². The van der Waals surface area contributed by atoms with Crippen LogP contribution >= 0.6 is 11.3 Å². The lowest BCUT2D eigenvalue weighted by Crippen LogP contribution is -2.15. The molecule has 2 N–H and O–H groups in total. The van der Waals surface area contributed by atoms with Gasteiger partial charge in [-0.25, -0.2) is 4.98 Å². The maximum Gasteiger partial charge on any atom is 0.106 e. The van der Waals surface area contributed by atoms with Crippen molar-refractivity contribution in [3.63, 3.8) is 0 Å². The molecule has 0 aliphatic carbocycles. The lowest BCUT2D eigenvalue weighted by atomic mass is 10.00. The van der Waals surface area contributed by atoms with Crippen molar-refractivity contribution in [1.29, 1.82) is 0 Å². The summed E-state index contributed by atoms with van der Waals surface area (Å²) in [7, 11) is 0. The zero-order valence-corrected chi connectivity index (χ0v) is 8.35. The summed E-state index contributed by atoms with van der Waals surface area (Å²) in [5.41, 5.74) is 6.68. The third-order valence-electron chi connectivity index (χ3n) is 2.32. The maximum absolute atomic E-state index is 5.51. The fourth-order valence-electron chi connectivity index (χ4n) is 1.58. The zero-order chi connectivity index (χ0) is 9.10. The van der Waals surface area contributed by atoms with Gasteiger partial charge < -0.3 is 10.5 Å². The first-order valence-electron chi connectivity index (χ1n) is 4.62. The molecule has 0 aromatic carbocycles. The predicted octanol–water partition coefficient (Wildman–Crippen LogP) is 1.50. The molecule has 72 valence electrons. The van der Waals surface area contributed by atoms with E-state index in [1.54, 1.807) is 11.3 Å². The molecule has 0 spiro atoms. The van der Waals surface area contributed by atoms with E-state index < -0.39 is 0 Å². The second-order valence-corrected chi connectivity index (χ2v) is 4.23. The number of hydrogen-bond acceptors (Lipinski definition) is 4. The van der Waals surface area contributed by atoms with E-state index in [0.717, 1.165) is 24.6 Å². The highest BCUT2D eigenvalue weighted by molar-refractivity contribution is 7.09. The monoisotopic (exact) mass is 198 g/mol. The van der Waals surface area contributed by atoms with E-state index >= 15 is 0 Å². The first-order chi connectivity index (χ1) is 6.40. The van der Waals surface area contributed by atoms with Crippen molar-refractivity contribution in [2.45, 2.75) is 25.3 Å². The molecule has 1 aromatic rings. The molecule has 1 aliphatic heterocycles. The molecule has 13 heavy (non-hydrogen) atoms. The first kappa shape index (κ1) is 9.12. The molecule has 1 saturated heterocycles. The Kier molecular flexibility index (Phi) is 2.93. The van der Waals surface area contributed by atoms with E-state index in [2.05, 4.69) is 10.4 Å². The molecular weight excluding hydrogens is 184 g/mol. The van der Waals surface area contributed by atoms with Gasteiger partial charge in [0.25, 0.3) is 0 Å². The van der Waals surface area contributed by atoms with Crippen molar-refractivity contribution in [1.82, 2.24) is 4.98 Å². The topological polar surface area (TPSA) is 48.1 Å². The van der Waals surface area contributed by atoms with Crippen LogP contribution in [-0.4, -0.2) is 18.2 Å². The summed E-state index contributed by atoms with van der Waals surface area (Å²) < 4.78 is 5.41. The molecular formula is C9H14N2OS. The normalized spacial score (nSPS) is 23.3. The van der Waals surface area contributed by atoms with E-state index in [1.807, 2.05) is 0 Å². The summed E-state index contributed by atoms with van der Waals surface area (Å²) in [6.45, 7) is 2.29. The molecule has 1 fully saturated rings. The Morgan fingerprint density at radius 3 is 3.23 bits per heavy atom. The van der Waals surface area contributed by atoms with E-state index in [4.69, 9.17) is 10.5 Å². The Bertz CT molecular complexity index is 268. The van der Waals surface area contributed by atoms with Gasteiger partial charge in [0, 0.05) is 24.4 Å². The average Bonchev–Trinajstić information content (AvgIpc) is 2.67. The Hall–Kier alpha value is -0.450. The van der Waals surface area contributed by atoms with Crippen LogP contribution in [0.1, 0.15) is 29.5 Å². The largest absolute Gasteiger partial charge is 0.381 e. The Morgan fingerprint density at radius 1 is 1.69 bits per heavy atom. The highest BCUT2D eigenvalue weighted by Crippen LogP contribution is 2.26. The van der Waals surface area contributed by atoms with Crippen molar-refractivity contribution in [3.05, 3.63) is 16.1 Å². The predicted molar refractivity (Wildman–Crippen MR) is 52.8 cm³/mol. The van der Waals surface area contributed by atoms with Crippen molar-refractivity contribution < 1.29 is 4.74 Å². The summed E-state index contributed by atoms with van der Waals surface area (Å²) in [5.74, 6) is 0.505. The number of nitrogens with two attached hydrogens (primary N) is 1. The van der Waals surface area contributed by atoms with Crippen LogP contribution in [0.5, 0.6) is 0 Å². The number of ether oxygens (including phenoxy) is 1. The van der Waals surface area contributed by atoms with Crippen LogP contribution in [0.25, 0.3) is 0 Å². The molecule has 0 radical (unpaired) electrons. The maximum atomic E-state index is 5.51. The third-order valence-corrected chi connectivity index (χ3v) is 3.21. The molecule has 1 unspecified atom stereocenters. The number of hydrogen-bond donors (Lipinski definition) is 1. The molecule has 3 nitrogen and oxygen atoms in total. The fourth-order valence-corrected chi connectivity index (χ4v) is 2.34. The van der Waals surface area contributed by atoms with Crippen LogP contribution in [0.15, 0.2) is 5.38 Å². The number of aromatic nitrogens is 1. The Morgan fingerprint density at radius 2 is 2.62 bits per heavy atom. The number of thiazole rings is 1. The molecule has 4 heteroatoms. The van der Waals surface area contributed by atoms with Gasteiger partial charge in [0.1, 0.15) is 5.01 Å². The molecule has 1 aliphatic rings. The second-order valence-electron chi connectivity index (χ2n) is 3.28. The van der Waals surface area contributed by atoms with Gasteiger partial charge in [0.05, 0.1) is 12.3 Å². The van der Waals surface area contributed by atoms with Crippen LogP contribution in [0, 0.1) is 0 Å². The van der Waals surface area contributed by atoms with Crippen molar-refractivity contribution in [2.24, 2.45) is 5.73 Å². The lowest BCUT2D eigenvalue weighted by molar-refractivity contribution is 0.0794. The fraction of sp³-hybridized carbons (Fsp3) is 0.667. The van der Waals surface area contributed by atoms with Crippen LogP contribution in [-0.2, 0) is 11.3 Å². The minimum Gasteiger partial charge on any atom is -0.381 e. The summed E-state index contributed by atoms with van der Waals surface area (Å²) in [6.07, 6.45) is 2.36. The molecule has 0 saturated carbocycles. The summed E-state index contributed by atoms with van der Waals surface area (Å²) >= 11 is 1.65. The minimum absolute atomic E-state index is 0.505. The van der Waals surface area contributed by atoms with Gasteiger partial charge in [-0.05, 0) is 12.8 Å². The quantitative estimate of drug-likeness (QED) is 0.783. The van der Waals surface area contributed by atoms with Gasteiger partial charge in [0.2, 0.25) is 0 Å². The highest BCUT2D eigenvalue weighted by Gasteiger charge is 2.18. The van der Waals surface area contributed by atoms with Gasteiger partial charge in [-0.15, -0.1) is 11.3 Å². The van der Waals surface area contributed by atoms with Crippen molar-refractivity contribution in [3.8, 4) is 0 Å². The smallest absolute Gasteiger partial charge is 0.106 e. The zero-order valence-electron chi connectivity index (χ0n) is 7.53. The molecule has 0 bridgehead atoms. The summed E-state index contributed by atoms with van der Waals surface area (Å²) in [5, 5.41) is 3.14. The van der Waals surface area contributed by atoms with E-state index in [0.29, 0.717) is 12.5 Å². The highest BCUT2D eigenvalue weighted by atomic mass is 32.1. The average molecular weight is 198 g/mol. The van der Waals surface area contributed by atoms with Gasteiger partial charge in [-0.1, -0.05) is 0 Å². The first-order valence-corrected chi connectivity index (χ1v) is 5.50. The van der Waals surface area contributed by atoms with Gasteiger partial charge in [-0.3, -0.25) is 0 Å². The van der Waals surface area contributed by atoms with E-state index in [9.17, 15) is 0 Å². The Balaban J connectivity index is 2.05. The van der Waals surface area contributed by atoms with Crippen LogP contribution in [0.3, 0.4) is 0 Å². The SMILES string of the molecule is NCc1nc(C2CCCOC2)cs1. The molecule has 1 atom stereocenters. The number of nitrogens with zero attached hydrogens (tertiary/aromatic N) is 1. The third kappa shape index (κ3) is 2.07. The molecule has 2 rings (SSSR count). The summed E-state index contributed by atoms with van der Waals surface area (Å²) in [6, 6.07) is 0. The minimum atomic E-state index is 0.505. The second kappa shape index (κ2) is 4.17. The summed E-state index contributed by atoms with van der Waals surface area (Å²) in [4.78, 5) is 4.47. The van der Waals surface area contributed by atoms with Gasteiger partial charge in [-0.2, -0.15) is 0 Å². The number of rotatable bonds is 2. The molecule has 0 amide bonds. The lowest BCUT2D eigenvalue weighted by Gasteiger charge is -2.19. The van der Waals surface area contributed by atoms with Gasteiger partial charge >= 0.3 is 0 Å².